The Balaban J connectivity index is 1.74. The molecular formula is C15H22N2O3S. The van der Waals surface area contributed by atoms with Crippen molar-refractivity contribution in [1.82, 2.24) is 10.6 Å². The lowest BCUT2D eigenvalue weighted by Gasteiger charge is -2.23. The lowest BCUT2D eigenvalue weighted by atomic mass is 10.1. The summed E-state index contributed by atoms with van der Waals surface area (Å²) in [6.07, 6.45) is 2.99. The maximum atomic E-state index is 11.8. The van der Waals surface area contributed by atoms with Crippen LogP contribution in [0.15, 0.2) is 29.2 Å². The molecule has 0 bridgehead atoms. The predicted molar refractivity (Wildman–Crippen MR) is 83.6 cm³/mol. The Morgan fingerprint density at radius 3 is 2.67 bits per heavy atom. The van der Waals surface area contributed by atoms with E-state index in [1.807, 2.05) is 30.5 Å². The van der Waals surface area contributed by atoms with Crippen molar-refractivity contribution in [3.63, 3.8) is 0 Å². The Labute approximate surface area is 129 Å². The van der Waals surface area contributed by atoms with Crippen molar-refractivity contribution in [2.45, 2.75) is 29.9 Å². The van der Waals surface area contributed by atoms with E-state index in [1.165, 1.54) is 0 Å². The molecule has 1 fully saturated rings. The second-order valence-electron chi connectivity index (χ2n) is 5.03. The van der Waals surface area contributed by atoms with E-state index in [-0.39, 0.29) is 18.6 Å². The van der Waals surface area contributed by atoms with Crippen LogP contribution < -0.4 is 10.6 Å². The fourth-order valence-electron chi connectivity index (χ4n) is 2.21. The SMILES string of the molecule is CSc1ccc([C@H](O)CNC(=O)NC2CCOCC2)cc1. The maximum Gasteiger partial charge on any atom is 0.315 e. The number of aliphatic hydroxyl groups excluding tert-OH is 1. The summed E-state index contributed by atoms with van der Waals surface area (Å²) in [5, 5.41) is 15.7. The summed E-state index contributed by atoms with van der Waals surface area (Å²) < 4.78 is 5.24. The highest BCUT2D eigenvalue weighted by Crippen LogP contribution is 2.18. The van der Waals surface area contributed by atoms with Crippen LogP contribution in [0.4, 0.5) is 4.79 Å². The topological polar surface area (TPSA) is 70.6 Å². The Morgan fingerprint density at radius 2 is 2.05 bits per heavy atom. The van der Waals surface area contributed by atoms with Crippen molar-refractivity contribution in [3.8, 4) is 0 Å². The molecule has 1 aliphatic heterocycles. The summed E-state index contributed by atoms with van der Waals surface area (Å²) in [6, 6.07) is 7.62. The van der Waals surface area contributed by atoms with Gasteiger partial charge in [-0.15, -0.1) is 11.8 Å². The van der Waals surface area contributed by atoms with Crippen LogP contribution in [0.1, 0.15) is 24.5 Å². The molecule has 116 valence electrons. The molecule has 0 spiro atoms. The molecule has 1 aliphatic rings. The van der Waals surface area contributed by atoms with Crippen molar-refractivity contribution in [2.24, 2.45) is 0 Å². The van der Waals surface area contributed by atoms with Gasteiger partial charge in [0.05, 0.1) is 6.10 Å². The minimum Gasteiger partial charge on any atom is -0.387 e. The van der Waals surface area contributed by atoms with Crippen LogP contribution in [0.2, 0.25) is 0 Å². The fraction of sp³-hybridized carbons (Fsp3) is 0.533. The number of carbonyl (C=O) groups excluding carboxylic acids is 1. The van der Waals surface area contributed by atoms with E-state index in [0.29, 0.717) is 13.2 Å². The van der Waals surface area contributed by atoms with Crippen molar-refractivity contribution >= 4 is 17.8 Å². The Kier molecular flexibility index (Phi) is 6.35. The molecule has 2 amide bonds. The van der Waals surface area contributed by atoms with Gasteiger partial charge in [-0.05, 0) is 36.8 Å². The Bertz CT molecular complexity index is 447. The van der Waals surface area contributed by atoms with Gasteiger partial charge in [0.2, 0.25) is 0 Å². The monoisotopic (exact) mass is 310 g/mol. The Hall–Kier alpha value is -1.24. The molecular weight excluding hydrogens is 288 g/mol. The molecule has 1 aromatic carbocycles. The minimum absolute atomic E-state index is 0.164. The predicted octanol–water partition coefficient (Wildman–Crippen LogP) is 1.92. The number of nitrogens with one attached hydrogen (secondary N) is 2. The van der Waals surface area contributed by atoms with Crippen LogP contribution in [0.25, 0.3) is 0 Å². The number of hydrogen-bond acceptors (Lipinski definition) is 4. The first-order chi connectivity index (χ1) is 10.2. The smallest absolute Gasteiger partial charge is 0.315 e. The summed E-state index contributed by atoms with van der Waals surface area (Å²) in [6.45, 7) is 1.58. The maximum absolute atomic E-state index is 11.8. The van der Waals surface area contributed by atoms with Gasteiger partial charge in [-0.2, -0.15) is 0 Å². The van der Waals surface area contributed by atoms with Crippen molar-refractivity contribution in [1.29, 1.82) is 0 Å². The number of rotatable bonds is 5. The largest absolute Gasteiger partial charge is 0.387 e. The molecule has 5 nitrogen and oxygen atoms in total. The summed E-state index contributed by atoms with van der Waals surface area (Å²) in [4.78, 5) is 12.9. The van der Waals surface area contributed by atoms with Crippen LogP contribution >= 0.6 is 11.8 Å². The number of urea groups is 1. The molecule has 21 heavy (non-hydrogen) atoms. The van der Waals surface area contributed by atoms with E-state index in [4.69, 9.17) is 4.74 Å². The molecule has 2 rings (SSSR count). The zero-order chi connectivity index (χ0) is 15.1. The lowest BCUT2D eigenvalue weighted by molar-refractivity contribution is 0.0798. The number of aliphatic hydroxyl groups is 1. The van der Waals surface area contributed by atoms with Crippen molar-refractivity contribution < 1.29 is 14.6 Å². The standard InChI is InChI=1S/C15H22N2O3S/c1-21-13-4-2-11(3-5-13)14(18)10-16-15(19)17-12-6-8-20-9-7-12/h2-5,12,14,18H,6-10H2,1H3,(H2,16,17,19)/t14-/m1/s1. The van der Waals surface area contributed by atoms with E-state index in [9.17, 15) is 9.90 Å². The highest BCUT2D eigenvalue weighted by atomic mass is 32.2. The van der Waals surface area contributed by atoms with Gasteiger partial charge >= 0.3 is 6.03 Å². The van der Waals surface area contributed by atoms with Crippen LogP contribution in [-0.2, 0) is 4.74 Å². The number of thioether (sulfide) groups is 1. The van der Waals surface area contributed by atoms with Crippen LogP contribution in [0.3, 0.4) is 0 Å². The van der Waals surface area contributed by atoms with E-state index >= 15 is 0 Å². The van der Waals surface area contributed by atoms with Crippen LogP contribution in [-0.4, -0.2) is 43.2 Å². The van der Waals surface area contributed by atoms with Crippen LogP contribution in [0, 0.1) is 0 Å². The van der Waals surface area contributed by atoms with Gasteiger partial charge in [-0.25, -0.2) is 4.79 Å². The number of hydrogen-bond donors (Lipinski definition) is 3. The average molecular weight is 310 g/mol. The van der Waals surface area contributed by atoms with Crippen molar-refractivity contribution in [2.75, 3.05) is 26.0 Å². The van der Waals surface area contributed by atoms with Gasteiger partial charge in [0.1, 0.15) is 0 Å². The first-order valence-corrected chi connectivity index (χ1v) is 8.35. The number of carbonyl (C=O) groups is 1. The van der Waals surface area contributed by atoms with Gasteiger partial charge in [0, 0.05) is 30.7 Å². The highest BCUT2D eigenvalue weighted by Gasteiger charge is 2.16. The molecule has 0 aliphatic carbocycles. The van der Waals surface area contributed by atoms with Gasteiger partial charge in [0.15, 0.2) is 0 Å². The quantitative estimate of drug-likeness (QED) is 0.727. The molecule has 1 aromatic rings. The zero-order valence-electron chi connectivity index (χ0n) is 12.2. The molecule has 0 aromatic heterocycles. The van der Waals surface area contributed by atoms with Crippen LogP contribution in [0.5, 0.6) is 0 Å². The molecule has 0 radical (unpaired) electrons. The summed E-state index contributed by atoms with van der Waals surface area (Å²) in [5.41, 5.74) is 0.805. The summed E-state index contributed by atoms with van der Waals surface area (Å²) in [5.74, 6) is 0. The second-order valence-corrected chi connectivity index (χ2v) is 5.91. The summed E-state index contributed by atoms with van der Waals surface area (Å²) >= 11 is 1.66. The molecule has 6 heteroatoms. The minimum atomic E-state index is -0.693. The van der Waals surface area contributed by atoms with Gasteiger partial charge in [0.25, 0.3) is 0 Å². The third-order valence-electron chi connectivity index (χ3n) is 3.51. The van der Waals surface area contributed by atoms with Gasteiger partial charge in [-0.1, -0.05) is 12.1 Å². The van der Waals surface area contributed by atoms with E-state index in [1.54, 1.807) is 11.8 Å². The second kappa shape index (κ2) is 8.26. The van der Waals surface area contributed by atoms with E-state index in [0.717, 1.165) is 23.3 Å². The highest BCUT2D eigenvalue weighted by molar-refractivity contribution is 7.98. The normalized spacial score (nSPS) is 17.2. The fourth-order valence-corrected chi connectivity index (χ4v) is 2.62. The molecule has 0 saturated carbocycles. The van der Waals surface area contributed by atoms with Gasteiger partial charge < -0.3 is 20.5 Å². The number of amides is 2. The summed E-state index contributed by atoms with van der Waals surface area (Å²) in [7, 11) is 0. The van der Waals surface area contributed by atoms with E-state index < -0.39 is 6.10 Å². The lowest BCUT2D eigenvalue weighted by Crippen LogP contribution is -2.45. The van der Waals surface area contributed by atoms with Gasteiger partial charge in [-0.3, -0.25) is 0 Å². The van der Waals surface area contributed by atoms with E-state index in [2.05, 4.69) is 10.6 Å². The Morgan fingerprint density at radius 1 is 1.38 bits per heavy atom. The van der Waals surface area contributed by atoms with Crippen molar-refractivity contribution in [3.05, 3.63) is 29.8 Å². The number of benzene rings is 1. The first-order valence-electron chi connectivity index (χ1n) is 7.13. The number of ether oxygens (including phenoxy) is 1. The molecule has 3 N–H and O–H groups in total. The first kappa shape index (κ1) is 16.1. The zero-order valence-corrected chi connectivity index (χ0v) is 13.0. The third kappa shape index (κ3) is 5.22. The molecule has 1 saturated heterocycles. The molecule has 1 atom stereocenters. The third-order valence-corrected chi connectivity index (χ3v) is 4.26. The molecule has 1 heterocycles. The molecule has 0 unspecified atom stereocenters. The average Bonchev–Trinajstić information content (AvgIpc) is 2.53.